The quantitative estimate of drug-likeness (QED) is 0.272. The SMILES string of the molecule is CCC(C=N/C(=C(\C)C(=S)NC)N(C)C(C)=O)CCCCC(=O)O. The molecule has 2 N–H and O–H groups in total. The summed E-state index contributed by atoms with van der Waals surface area (Å²) in [7, 11) is 3.41. The smallest absolute Gasteiger partial charge is 0.303 e. The van der Waals surface area contributed by atoms with Gasteiger partial charge in [-0.1, -0.05) is 25.6 Å². The lowest BCUT2D eigenvalue weighted by Gasteiger charge is -2.19. The maximum atomic E-state index is 11.7. The van der Waals surface area contributed by atoms with Gasteiger partial charge in [0.15, 0.2) is 0 Å². The molecule has 0 saturated carbocycles. The Hall–Kier alpha value is -1.76. The summed E-state index contributed by atoms with van der Waals surface area (Å²) < 4.78 is 0. The summed E-state index contributed by atoms with van der Waals surface area (Å²) in [6, 6.07) is 0. The van der Waals surface area contributed by atoms with Gasteiger partial charge in [-0.05, 0) is 32.1 Å². The fourth-order valence-corrected chi connectivity index (χ4v) is 2.21. The molecule has 0 rings (SSSR count). The first-order chi connectivity index (χ1) is 11.2. The van der Waals surface area contributed by atoms with E-state index in [9.17, 15) is 9.59 Å². The fourth-order valence-electron chi connectivity index (χ4n) is 2.12. The third-order valence-corrected chi connectivity index (χ3v) is 4.35. The minimum atomic E-state index is -0.763. The molecule has 136 valence electrons. The largest absolute Gasteiger partial charge is 0.481 e. The van der Waals surface area contributed by atoms with Crippen molar-refractivity contribution in [3.8, 4) is 0 Å². The van der Waals surface area contributed by atoms with Crippen molar-refractivity contribution >= 4 is 35.3 Å². The van der Waals surface area contributed by atoms with Crippen molar-refractivity contribution in [3.05, 3.63) is 11.4 Å². The molecule has 0 radical (unpaired) electrons. The number of thiocarbonyl (C=S) groups is 1. The summed E-state index contributed by atoms with van der Waals surface area (Å²) in [4.78, 5) is 28.8. The number of carboxylic acids is 1. The van der Waals surface area contributed by atoms with E-state index in [0.717, 1.165) is 24.8 Å². The molecule has 0 spiro atoms. The molecule has 0 heterocycles. The van der Waals surface area contributed by atoms with Crippen LogP contribution in [0.5, 0.6) is 0 Å². The lowest BCUT2D eigenvalue weighted by atomic mass is 10.00. The number of hydrogen-bond acceptors (Lipinski definition) is 4. The molecule has 0 aliphatic rings. The van der Waals surface area contributed by atoms with Gasteiger partial charge in [-0.2, -0.15) is 0 Å². The molecule has 0 aromatic heterocycles. The molecule has 0 aromatic carbocycles. The molecule has 24 heavy (non-hydrogen) atoms. The van der Waals surface area contributed by atoms with Gasteiger partial charge in [-0.3, -0.25) is 14.5 Å². The van der Waals surface area contributed by atoms with Crippen LogP contribution in [0.15, 0.2) is 16.4 Å². The minimum Gasteiger partial charge on any atom is -0.481 e. The second kappa shape index (κ2) is 11.7. The molecule has 7 heteroatoms. The Bertz CT molecular complexity index is 515. The molecule has 1 unspecified atom stereocenters. The lowest BCUT2D eigenvalue weighted by molar-refractivity contribution is -0.137. The molecule has 0 bridgehead atoms. The van der Waals surface area contributed by atoms with E-state index in [1.165, 1.54) is 11.8 Å². The number of aliphatic carboxylic acids is 1. The first kappa shape index (κ1) is 22.2. The number of hydrogen-bond donors (Lipinski definition) is 2. The van der Waals surface area contributed by atoms with Gasteiger partial charge in [0.05, 0.1) is 0 Å². The number of nitrogens with zero attached hydrogens (tertiary/aromatic N) is 2. The van der Waals surface area contributed by atoms with Gasteiger partial charge in [0.2, 0.25) is 5.91 Å². The van der Waals surface area contributed by atoms with Crippen molar-refractivity contribution in [2.45, 2.75) is 52.9 Å². The van der Waals surface area contributed by atoms with Crippen LogP contribution in [-0.4, -0.2) is 47.2 Å². The number of amides is 1. The molecule has 0 aliphatic heterocycles. The van der Waals surface area contributed by atoms with E-state index in [0.29, 0.717) is 17.2 Å². The Morgan fingerprint density at radius 2 is 1.96 bits per heavy atom. The highest BCUT2D eigenvalue weighted by molar-refractivity contribution is 7.80. The van der Waals surface area contributed by atoms with Crippen LogP contribution in [-0.2, 0) is 9.59 Å². The predicted octanol–water partition coefficient (Wildman–Crippen LogP) is 2.99. The van der Waals surface area contributed by atoms with E-state index < -0.39 is 5.97 Å². The highest BCUT2D eigenvalue weighted by atomic mass is 32.1. The van der Waals surface area contributed by atoms with Gasteiger partial charge in [-0.15, -0.1) is 0 Å². The second-order valence-corrected chi connectivity index (χ2v) is 6.10. The summed E-state index contributed by atoms with van der Waals surface area (Å²) in [5, 5.41) is 11.6. The van der Waals surface area contributed by atoms with Crippen LogP contribution < -0.4 is 5.32 Å². The number of aliphatic imine (C=N–C) groups is 1. The van der Waals surface area contributed by atoms with Gasteiger partial charge in [0.25, 0.3) is 0 Å². The zero-order valence-electron chi connectivity index (χ0n) is 15.3. The number of rotatable bonds is 10. The Morgan fingerprint density at radius 3 is 2.42 bits per heavy atom. The standard InChI is InChI=1S/C17H29N3O3S/c1-6-14(9-7-8-10-15(22)23)11-19-16(20(5)13(3)21)12(2)17(24)18-4/h11,14H,6-10H2,1-5H3,(H,18,24)(H,22,23)/b16-12-,19-11?. The summed E-state index contributed by atoms with van der Waals surface area (Å²) >= 11 is 5.24. The molecule has 0 fully saturated rings. The van der Waals surface area contributed by atoms with Crippen LogP contribution in [0.1, 0.15) is 52.9 Å². The highest BCUT2D eigenvalue weighted by Gasteiger charge is 2.14. The molecule has 0 aromatic rings. The fraction of sp³-hybridized carbons (Fsp3) is 0.647. The lowest BCUT2D eigenvalue weighted by Crippen LogP contribution is -2.27. The first-order valence-corrected chi connectivity index (χ1v) is 8.58. The normalized spacial score (nSPS) is 13.4. The Kier molecular flexibility index (Phi) is 10.9. The molecule has 0 saturated heterocycles. The minimum absolute atomic E-state index is 0.116. The van der Waals surface area contributed by atoms with Gasteiger partial charge >= 0.3 is 5.97 Å². The number of unbranched alkanes of at least 4 members (excludes halogenated alkanes) is 1. The topological polar surface area (TPSA) is 82.0 Å². The summed E-state index contributed by atoms with van der Waals surface area (Å²) in [6.07, 6.45) is 5.33. The Labute approximate surface area is 150 Å². The predicted molar refractivity (Wildman–Crippen MR) is 101 cm³/mol. The van der Waals surface area contributed by atoms with Crippen LogP contribution in [0.3, 0.4) is 0 Å². The summed E-state index contributed by atoms with van der Waals surface area (Å²) in [5.41, 5.74) is 0.738. The summed E-state index contributed by atoms with van der Waals surface area (Å²) in [5.74, 6) is -0.105. The van der Waals surface area contributed by atoms with E-state index in [-0.39, 0.29) is 18.2 Å². The number of carbonyl (C=O) groups excluding carboxylic acids is 1. The highest BCUT2D eigenvalue weighted by Crippen LogP contribution is 2.16. The van der Waals surface area contributed by atoms with Crippen molar-refractivity contribution in [3.63, 3.8) is 0 Å². The van der Waals surface area contributed by atoms with Gasteiger partial charge < -0.3 is 10.4 Å². The van der Waals surface area contributed by atoms with E-state index in [2.05, 4.69) is 17.2 Å². The zero-order chi connectivity index (χ0) is 18.7. The molecule has 6 nitrogen and oxygen atoms in total. The summed E-state index contributed by atoms with van der Waals surface area (Å²) in [6.45, 7) is 5.38. The number of likely N-dealkylation sites (N-methyl/N-ethyl adjacent to an activating group) is 1. The average molecular weight is 356 g/mol. The second-order valence-electron chi connectivity index (χ2n) is 5.69. The maximum Gasteiger partial charge on any atom is 0.303 e. The zero-order valence-corrected chi connectivity index (χ0v) is 16.1. The monoisotopic (exact) mass is 355 g/mol. The molecular formula is C17H29N3O3S. The maximum absolute atomic E-state index is 11.7. The number of carboxylic acid groups (broad SMARTS) is 1. The average Bonchev–Trinajstić information content (AvgIpc) is 2.54. The molecule has 1 atom stereocenters. The number of carbonyl (C=O) groups is 2. The van der Waals surface area contributed by atoms with Crippen molar-refractivity contribution in [2.75, 3.05) is 14.1 Å². The van der Waals surface area contributed by atoms with Gasteiger partial charge in [-0.25, -0.2) is 4.99 Å². The van der Waals surface area contributed by atoms with Crippen LogP contribution >= 0.6 is 12.2 Å². The van der Waals surface area contributed by atoms with Crippen molar-refractivity contribution in [2.24, 2.45) is 10.9 Å². The Morgan fingerprint density at radius 1 is 1.33 bits per heavy atom. The third-order valence-electron chi connectivity index (χ3n) is 3.84. The van der Waals surface area contributed by atoms with Gasteiger partial charge in [0, 0.05) is 39.2 Å². The Balaban J connectivity index is 5.10. The van der Waals surface area contributed by atoms with E-state index in [1.807, 2.05) is 13.1 Å². The van der Waals surface area contributed by atoms with E-state index in [4.69, 9.17) is 17.3 Å². The van der Waals surface area contributed by atoms with Crippen molar-refractivity contribution in [1.82, 2.24) is 10.2 Å². The van der Waals surface area contributed by atoms with Crippen molar-refractivity contribution < 1.29 is 14.7 Å². The molecular weight excluding hydrogens is 326 g/mol. The first-order valence-electron chi connectivity index (χ1n) is 8.17. The molecule has 0 aliphatic carbocycles. The van der Waals surface area contributed by atoms with Crippen molar-refractivity contribution in [1.29, 1.82) is 0 Å². The van der Waals surface area contributed by atoms with Gasteiger partial charge in [0.1, 0.15) is 10.8 Å². The van der Waals surface area contributed by atoms with E-state index >= 15 is 0 Å². The molecule has 1 amide bonds. The number of nitrogens with one attached hydrogen (secondary N) is 1. The van der Waals surface area contributed by atoms with Crippen LogP contribution in [0, 0.1) is 5.92 Å². The van der Waals surface area contributed by atoms with Crippen LogP contribution in [0.25, 0.3) is 0 Å². The van der Waals surface area contributed by atoms with Crippen LogP contribution in [0.2, 0.25) is 0 Å². The van der Waals surface area contributed by atoms with Crippen LogP contribution in [0.4, 0.5) is 0 Å². The third kappa shape index (κ3) is 8.19. The van der Waals surface area contributed by atoms with E-state index in [1.54, 1.807) is 14.1 Å².